The maximum absolute atomic E-state index is 11.2. The highest BCUT2D eigenvalue weighted by Gasteiger charge is 2.18. The van der Waals surface area contributed by atoms with E-state index < -0.39 is 11.9 Å². The van der Waals surface area contributed by atoms with Crippen LogP contribution in [0.15, 0.2) is 0 Å². The van der Waals surface area contributed by atoms with E-state index >= 15 is 0 Å². The molecule has 1 aliphatic rings. The molecule has 0 aromatic heterocycles. The molecule has 1 rings (SSSR count). The number of rotatable bonds is 9. The zero-order valence-corrected chi connectivity index (χ0v) is 19.3. The highest BCUT2D eigenvalue weighted by atomic mass is 16.4. The van der Waals surface area contributed by atoms with Crippen molar-refractivity contribution in [3.63, 3.8) is 0 Å². The Balaban J connectivity index is 0. The van der Waals surface area contributed by atoms with E-state index in [-0.39, 0.29) is 26.1 Å². The van der Waals surface area contributed by atoms with Crippen molar-refractivity contribution >= 4 is 24.7 Å². The summed E-state index contributed by atoms with van der Waals surface area (Å²) in [5.74, 6) is -1.70. The third-order valence-corrected chi connectivity index (χ3v) is 4.81. The summed E-state index contributed by atoms with van der Waals surface area (Å²) in [5.41, 5.74) is 0. The molecule has 4 N–H and O–H groups in total. The molecule has 0 saturated carbocycles. The Kier molecular flexibility index (Phi) is 22.1. The van der Waals surface area contributed by atoms with Crippen LogP contribution < -0.4 is 0 Å². The fourth-order valence-corrected chi connectivity index (χ4v) is 3.17. The minimum atomic E-state index is -0.850. The Morgan fingerprint density at radius 2 is 1.09 bits per heavy atom. The van der Waals surface area contributed by atoms with Crippen molar-refractivity contribution < 1.29 is 39.6 Å². The van der Waals surface area contributed by atoms with Gasteiger partial charge in [0.25, 0.3) is 6.47 Å². The van der Waals surface area contributed by atoms with E-state index in [1.165, 1.54) is 0 Å². The van der Waals surface area contributed by atoms with Crippen LogP contribution >= 0.6 is 0 Å². The number of unbranched alkanes of at least 4 members (excludes halogenated alkanes) is 1. The summed E-state index contributed by atoms with van der Waals surface area (Å²) in [7, 11) is 1.00. The molecule has 0 amide bonds. The minimum Gasteiger partial charge on any atom is -0.483 e. The van der Waals surface area contributed by atoms with Crippen molar-refractivity contribution in [3.05, 3.63) is 0 Å². The summed E-state index contributed by atoms with van der Waals surface area (Å²) in [6.45, 7) is 8.15. The zero-order valence-electron chi connectivity index (χ0n) is 19.3. The van der Waals surface area contributed by atoms with Crippen LogP contribution in [0.5, 0.6) is 0 Å². The monoisotopic (exact) mass is 464 g/mol. The molecule has 0 aromatic carbocycles. The van der Waals surface area contributed by atoms with Gasteiger partial charge in [0.15, 0.2) is 0 Å². The normalized spacial score (nSPS) is 17.3. The average Bonchev–Trinajstić information content (AvgIpc) is 2.74. The van der Waals surface area contributed by atoms with Crippen LogP contribution in [0.4, 0.5) is 0 Å². The lowest BCUT2D eigenvalue weighted by Crippen LogP contribution is -2.48. The second-order valence-corrected chi connectivity index (χ2v) is 7.11. The molecule has 0 aromatic rings. The minimum absolute atomic E-state index is 0.0122. The number of carbonyl (C=O) groups is 4. The number of aliphatic carboxylic acids is 2. The third kappa shape index (κ3) is 18.6. The van der Waals surface area contributed by atoms with Gasteiger partial charge in [0.05, 0.1) is 19.6 Å². The van der Waals surface area contributed by atoms with Crippen LogP contribution in [0.3, 0.4) is 0 Å². The molecule has 1 heterocycles. The smallest absolute Gasteiger partial charge is 0.317 e. The standard InChI is InChI=1S/C18H34N4O5.CH2O2.CH4O/c1-2-3-4-19-5-9-21(15-17(24)25)11-7-20(13-14-23)8-12-22(10-6-19)16-18(26)27;2-1-3;1-2/h14H,2-13,15-16H2,1H3,(H,24,25)(H,26,27);1H,(H,2,3);2H,1H3. The van der Waals surface area contributed by atoms with Crippen molar-refractivity contribution in [1.82, 2.24) is 19.6 Å². The molecule has 0 aliphatic carbocycles. The van der Waals surface area contributed by atoms with Crippen LogP contribution in [0.2, 0.25) is 0 Å². The van der Waals surface area contributed by atoms with E-state index in [2.05, 4.69) is 11.8 Å². The van der Waals surface area contributed by atoms with Crippen LogP contribution in [0, 0.1) is 0 Å². The second-order valence-electron chi connectivity index (χ2n) is 7.11. The fraction of sp³-hybridized carbons (Fsp3) is 0.800. The molecule has 1 fully saturated rings. The Morgan fingerprint density at radius 1 is 0.750 bits per heavy atom. The SMILES string of the molecule is CCCCN1CCN(CC(=O)O)CCN(CC=O)CCN(CC(=O)O)CC1.CO.O=CO. The molecule has 0 atom stereocenters. The first-order valence-corrected chi connectivity index (χ1v) is 10.6. The van der Waals surface area contributed by atoms with Crippen molar-refractivity contribution in [1.29, 1.82) is 0 Å². The first-order chi connectivity index (χ1) is 15.4. The molecule has 0 radical (unpaired) electrons. The molecule has 188 valence electrons. The van der Waals surface area contributed by atoms with Crippen LogP contribution in [-0.2, 0) is 19.2 Å². The number of aliphatic hydroxyl groups is 1. The van der Waals surface area contributed by atoms with Gasteiger partial charge in [-0.1, -0.05) is 13.3 Å². The number of nitrogens with zero attached hydrogens (tertiary/aromatic N) is 4. The highest BCUT2D eigenvalue weighted by Crippen LogP contribution is 2.02. The largest absolute Gasteiger partial charge is 0.483 e. The van der Waals surface area contributed by atoms with E-state index in [0.29, 0.717) is 39.3 Å². The van der Waals surface area contributed by atoms with Gasteiger partial charge in [0.1, 0.15) is 6.29 Å². The first-order valence-electron chi connectivity index (χ1n) is 10.6. The molecular formula is C20H40N4O8. The maximum Gasteiger partial charge on any atom is 0.317 e. The third-order valence-electron chi connectivity index (χ3n) is 4.81. The number of aliphatic hydroxyl groups excluding tert-OH is 1. The lowest BCUT2D eigenvalue weighted by atomic mass is 10.3. The zero-order chi connectivity index (χ0) is 24.8. The predicted molar refractivity (Wildman–Crippen MR) is 119 cm³/mol. The Hall–Kier alpha value is -2.12. The van der Waals surface area contributed by atoms with Gasteiger partial charge in [0, 0.05) is 59.5 Å². The Bertz CT molecular complexity index is 478. The Morgan fingerprint density at radius 3 is 1.41 bits per heavy atom. The second kappa shape index (κ2) is 22.1. The quantitative estimate of drug-likeness (QED) is 0.298. The van der Waals surface area contributed by atoms with Gasteiger partial charge in [-0.2, -0.15) is 0 Å². The summed E-state index contributed by atoms with van der Waals surface area (Å²) in [6.07, 6.45) is 2.97. The molecule has 32 heavy (non-hydrogen) atoms. The van der Waals surface area contributed by atoms with Crippen molar-refractivity contribution in [2.75, 3.05) is 85.6 Å². The topological polar surface area (TPSA) is 162 Å². The van der Waals surface area contributed by atoms with Gasteiger partial charge in [-0.05, 0) is 13.0 Å². The van der Waals surface area contributed by atoms with E-state index in [0.717, 1.165) is 45.9 Å². The van der Waals surface area contributed by atoms with Crippen molar-refractivity contribution in [2.24, 2.45) is 0 Å². The lowest BCUT2D eigenvalue weighted by Gasteiger charge is -2.33. The molecular weight excluding hydrogens is 424 g/mol. The number of hydrogen-bond acceptors (Lipinski definition) is 9. The number of hydrogen-bond donors (Lipinski definition) is 4. The fourth-order valence-electron chi connectivity index (χ4n) is 3.17. The molecule has 0 spiro atoms. The number of carboxylic acids is 2. The predicted octanol–water partition coefficient (Wildman–Crippen LogP) is -1.31. The van der Waals surface area contributed by atoms with Gasteiger partial charge in [-0.15, -0.1) is 0 Å². The van der Waals surface area contributed by atoms with Gasteiger partial charge in [0.2, 0.25) is 0 Å². The first kappa shape index (κ1) is 32.1. The van der Waals surface area contributed by atoms with Gasteiger partial charge >= 0.3 is 11.9 Å². The molecule has 0 unspecified atom stereocenters. The molecule has 1 aliphatic heterocycles. The van der Waals surface area contributed by atoms with Crippen LogP contribution in [0.25, 0.3) is 0 Å². The highest BCUT2D eigenvalue weighted by molar-refractivity contribution is 5.69. The van der Waals surface area contributed by atoms with E-state index in [9.17, 15) is 14.4 Å². The lowest BCUT2D eigenvalue weighted by molar-refractivity contribution is -0.139. The summed E-state index contributed by atoms with van der Waals surface area (Å²) >= 11 is 0. The van der Waals surface area contributed by atoms with E-state index in [1.807, 2.05) is 14.7 Å². The summed E-state index contributed by atoms with van der Waals surface area (Å²) in [5, 5.41) is 32.2. The van der Waals surface area contributed by atoms with Gasteiger partial charge < -0.3 is 30.1 Å². The number of aldehydes is 1. The number of carbonyl (C=O) groups excluding carboxylic acids is 1. The number of carboxylic acid groups (broad SMARTS) is 3. The van der Waals surface area contributed by atoms with Gasteiger partial charge in [-0.25, -0.2) is 0 Å². The van der Waals surface area contributed by atoms with E-state index in [4.69, 9.17) is 25.2 Å². The average molecular weight is 465 g/mol. The van der Waals surface area contributed by atoms with Gasteiger partial charge in [-0.3, -0.25) is 29.1 Å². The molecule has 12 heteroatoms. The molecule has 0 bridgehead atoms. The molecule has 1 saturated heterocycles. The summed E-state index contributed by atoms with van der Waals surface area (Å²) in [6, 6.07) is 0. The summed E-state index contributed by atoms with van der Waals surface area (Å²) < 4.78 is 0. The summed E-state index contributed by atoms with van der Waals surface area (Å²) in [4.78, 5) is 49.7. The van der Waals surface area contributed by atoms with Crippen molar-refractivity contribution in [2.45, 2.75) is 19.8 Å². The van der Waals surface area contributed by atoms with Crippen LogP contribution in [0.1, 0.15) is 19.8 Å². The van der Waals surface area contributed by atoms with Crippen molar-refractivity contribution in [3.8, 4) is 0 Å². The van der Waals surface area contributed by atoms with E-state index in [1.54, 1.807) is 0 Å². The molecule has 12 nitrogen and oxygen atoms in total. The van der Waals surface area contributed by atoms with Crippen LogP contribution in [-0.4, -0.2) is 150 Å². The Labute approximate surface area is 190 Å². The maximum atomic E-state index is 11.2.